The van der Waals surface area contributed by atoms with E-state index in [2.05, 4.69) is 0 Å². The second-order valence-electron chi connectivity index (χ2n) is 2.73. The summed E-state index contributed by atoms with van der Waals surface area (Å²) in [6.45, 7) is 0.434. The van der Waals surface area contributed by atoms with Gasteiger partial charge < -0.3 is 4.90 Å². The van der Waals surface area contributed by atoms with Crippen molar-refractivity contribution in [2.75, 3.05) is 13.6 Å². The second-order valence-corrected chi connectivity index (χ2v) is 4.06. The van der Waals surface area contributed by atoms with Crippen LogP contribution < -0.4 is 0 Å². The highest BCUT2D eigenvalue weighted by Crippen LogP contribution is 2.23. The first kappa shape index (κ1) is 11.0. The number of carbonyl (C=O) groups excluding carboxylic acids is 1. The van der Waals surface area contributed by atoms with Crippen LogP contribution >= 0.6 is 22.9 Å². The topological polar surface area (TPSA) is 44.1 Å². The molecule has 0 N–H and O–H groups in total. The Bertz CT molecular complexity index is 369. The quantitative estimate of drug-likeness (QED) is 0.798. The minimum absolute atomic E-state index is 0.125. The zero-order valence-electron chi connectivity index (χ0n) is 7.66. The molecule has 0 saturated carbocycles. The van der Waals surface area contributed by atoms with Crippen LogP contribution in [-0.2, 0) is 0 Å². The molecule has 0 aliphatic carbocycles. The predicted molar refractivity (Wildman–Crippen MR) is 56.5 cm³/mol. The third-order valence-electron chi connectivity index (χ3n) is 1.72. The van der Waals surface area contributed by atoms with Crippen molar-refractivity contribution in [3.8, 4) is 6.07 Å². The summed E-state index contributed by atoms with van der Waals surface area (Å²) < 4.78 is 0. The summed E-state index contributed by atoms with van der Waals surface area (Å²) in [6.07, 6.45) is 0.339. The average Bonchev–Trinajstić information content (AvgIpc) is 2.59. The molecule has 1 rings (SSSR count). The second kappa shape index (κ2) is 4.99. The SMILES string of the molecule is CN(CCC#N)C(=O)c1sccc1Cl. The Morgan fingerprint density at radius 3 is 3.00 bits per heavy atom. The third kappa shape index (κ3) is 2.47. The van der Waals surface area contributed by atoms with Gasteiger partial charge in [-0.05, 0) is 11.4 Å². The standard InChI is InChI=1S/C9H9ClN2OS/c1-12(5-2-4-11)9(13)8-7(10)3-6-14-8/h3,6H,2,5H2,1H3. The van der Waals surface area contributed by atoms with Gasteiger partial charge >= 0.3 is 0 Å². The van der Waals surface area contributed by atoms with E-state index in [-0.39, 0.29) is 5.91 Å². The largest absolute Gasteiger partial charge is 0.340 e. The van der Waals surface area contributed by atoms with Gasteiger partial charge in [-0.25, -0.2) is 0 Å². The molecule has 0 unspecified atom stereocenters. The highest BCUT2D eigenvalue weighted by atomic mass is 35.5. The molecule has 0 atom stereocenters. The Morgan fingerprint density at radius 1 is 1.79 bits per heavy atom. The number of amides is 1. The summed E-state index contributed by atoms with van der Waals surface area (Å²) in [5, 5.41) is 10.6. The summed E-state index contributed by atoms with van der Waals surface area (Å²) in [5.74, 6) is -0.125. The van der Waals surface area contributed by atoms with Crippen molar-refractivity contribution in [2.45, 2.75) is 6.42 Å². The Labute approximate surface area is 91.5 Å². The molecule has 1 aromatic rings. The monoisotopic (exact) mass is 228 g/mol. The van der Waals surface area contributed by atoms with Gasteiger partial charge in [-0.15, -0.1) is 11.3 Å². The van der Waals surface area contributed by atoms with Gasteiger partial charge in [-0.1, -0.05) is 11.6 Å². The third-order valence-corrected chi connectivity index (χ3v) is 3.05. The first-order valence-corrected chi connectivity index (χ1v) is 5.28. The fourth-order valence-corrected chi connectivity index (χ4v) is 2.07. The molecule has 0 saturated heterocycles. The maximum atomic E-state index is 11.7. The van der Waals surface area contributed by atoms with E-state index in [9.17, 15) is 4.79 Å². The van der Waals surface area contributed by atoms with Crippen LogP contribution in [-0.4, -0.2) is 24.4 Å². The molecular weight excluding hydrogens is 220 g/mol. The fourth-order valence-electron chi connectivity index (χ4n) is 0.939. The molecule has 14 heavy (non-hydrogen) atoms. The van der Waals surface area contributed by atoms with Crippen LogP contribution in [0.3, 0.4) is 0 Å². The molecule has 0 aliphatic rings. The number of hydrogen-bond donors (Lipinski definition) is 0. The summed E-state index contributed by atoms with van der Waals surface area (Å²) in [4.78, 5) is 13.7. The van der Waals surface area contributed by atoms with E-state index in [1.54, 1.807) is 18.5 Å². The van der Waals surface area contributed by atoms with Crippen LogP contribution in [0.25, 0.3) is 0 Å². The van der Waals surface area contributed by atoms with E-state index in [0.717, 1.165) is 0 Å². The van der Waals surface area contributed by atoms with Crippen LogP contribution in [0.1, 0.15) is 16.1 Å². The lowest BCUT2D eigenvalue weighted by Crippen LogP contribution is -2.26. The average molecular weight is 229 g/mol. The van der Waals surface area contributed by atoms with Crippen LogP contribution in [0.4, 0.5) is 0 Å². The molecular formula is C9H9ClN2OS. The molecule has 0 radical (unpaired) electrons. The van der Waals surface area contributed by atoms with Gasteiger partial charge in [0.15, 0.2) is 0 Å². The summed E-state index contributed by atoms with van der Waals surface area (Å²) in [7, 11) is 1.66. The molecule has 1 heterocycles. The molecule has 74 valence electrons. The van der Waals surface area contributed by atoms with Gasteiger partial charge in [0.2, 0.25) is 0 Å². The predicted octanol–water partition coefficient (Wildman–Crippen LogP) is 2.39. The Balaban J connectivity index is 2.67. The maximum Gasteiger partial charge on any atom is 0.265 e. The smallest absolute Gasteiger partial charge is 0.265 e. The molecule has 0 aliphatic heterocycles. The Hall–Kier alpha value is -1.05. The van der Waals surface area contributed by atoms with Gasteiger partial charge in [0, 0.05) is 13.6 Å². The van der Waals surface area contributed by atoms with Gasteiger partial charge in [0.05, 0.1) is 17.5 Å². The molecule has 1 aromatic heterocycles. The zero-order chi connectivity index (χ0) is 10.6. The van der Waals surface area contributed by atoms with E-state index in [0.29, 0.717) is 22.9 Å². The van der Waals surface area contributed by atoms with Crippen molar-refractivity contribution < 1.29 is 4.79 Å². The number of thiophene rings is 1. The number of rotatable bonds is 3. The number of carbonyl (C=O) groups is 1. The van der Waals surface area contributed by atoms with E-state index >= 15 is 0 Å². The van der Waals surface area contributed by atoms with Crippen molar-refractivity contribution in [2.24, 2.45) is 0 Å². The minimum atomic E-state index is -0.125. The first-order valence-electron chi connectivity index (χ1n) is 4.02. The number of halogens is 1. The summed E-state index contributed by atoms with van der Waals surface area (Å²) in [5.41, 5.74) is 0. The van der Waals surface area contributed by atoms with Crippen molar-refractivity contribution in [1.29, 1.82) is 5.26 Å². The number of nitrogens with zero attached hydrogens (tertiary/aromatic N) is 2. The molecule has 0 spiro atoms. The van der Waals surface area contributed by atoms with Crippen LogP contribution in [0.2, 0.25) is 5.02 Å². The van der Waals surface area contributed by atoms with E-state index in [1.165, 1.54) is 16.2 Å². The Morgan fingerprint density at radius 2 is 2.50 bits per heavy atom. The summed E-state index contributed by atoms with van der Waals surface area (Å²) >= 11 is 7.12. The van der Waals surface area contributed by atoms with Crippen LogP contribution in [0.15, 0.2) is 11.4 Å². The number of nitriles is 1. The molecule has 1 amide bonds. The summed E-state index contributed by atoms with van der Waals surface area (Å²) in [6, 6.07) is 3.68. The fraction of sp³-hybridized carbons (Fsp3) is 0.333. The molecule has 0 bridgehead atoms. The highest BCUT2D eigenvalue weighted by molar-refractivity contribution is 7.12. The van der Waals surface area contributed by atoms with Crippen molar-refractivity contribution in [3.63, 3.8) is 0 Å². The first-order chi connectivity index (χ1) is 6.66. The molecule has 5 heteroatoms. The lowest BCUT2D eigenvalue weighted by molar-refractivity contribution is 0.0803. The Kier molecular flexibility index (Phi) is 3.93. The molecule has 0 aromatic carbocycles. The van der Waals surface area contributed by atoms with Crippen LogP contribution in [0.5, 0.6) is 0 Å². The van der Waals surface area contributed by atoms with E-state index < -0.39 is 0 Å². The van der Waals surface area contributed by atoms with Gasteiger partial charge in [0.1, 0.15) is 4.88 Å². The normalized spacial score (nSPS) is 9.50. The van der Waals surface area contributed by atoms with Crippen molar-refractivity contribution in [1.82, 2.24) is 4.90 Å². The lowest BCUT2D eigenvalue weighted by Gasteiger charge is -2.14. The number of hydrogen-bond acceptors (Lipinski definition) is 3. The minimum Gasteiger partial charge on any atom is -0.340 e. The van der Waals surface area contributed by atoms with Crippen molar-refractivity contribution in [3.05, 3.63) is 21.3 Å². The van der Waals surface area contributed by atoms with E-state index in [4.69, 9.17) is 16.9 Å². The molecule has 0 fully saturated rings. The zero-order valence-corrected chi connectivity index (χ0v) is 9.23. The van der Waals surface area contributed by atoms with Gasteiger partial charge in [0.25, 0.3) is 5.91 Å². The van der Waals surface area contributed by atoms with Crippen molar-refractivity contribution >= 4 is 28.8 Å². The molecule has 3 nitrogen and oxygen atoms in total. The van der Waals surface area contributed by atoms with Crippen LogP contribution in [0, 0.1) is 11.3 Å². The lowest BCUT2D eigenvalue weighted by atomic mass is 10.3. The van der Waals surface area contributed by atoms with E-state index in [1.807, 2.05) is 6.07 Å². The highest BCUT2D eigenvalue weighted by Gasteiger charge is 2.15. The van der Waals surface area contributed by atoms with Gasteiger partial charge in [-0.3, -0.25) is 4.79 Å². The van der Waals surface area contributed by atoms with Gasteiger partial charge in [-0.2, -0.15) is 5.26 Å². The maximum absolute atomic E-state index is 11.7.